The second-order valence-electron chi connectivity index (χ2n) is 7.60. The van der Waals surface area contributed by atoms with Gasteiger partial charge in [0, 0.05) is 11.1 Å². The van der Waals surface area contributed by atoms with E-state index in [1.165, 1.54) is 12.7 Å². The minimum absolute atomic E-state index is 0.0155. The van der Waals surface area contributed by atoms with E-state index in [9.17, 15) is 9.59 Å². The lowest BCUT2D eigenvalue weighted by Gasteiger charge is -2.23. The number of ether oxygens (including phenoxy) is 2. The van der Waals surface area contributed by atoms with Crippen LogP contribution in [0.15, 0.2) is 57.9 Å². The van der Waals surface area contributed by atoms with E-state index in [2.05, 4.69) is 0 Å². The summed E-state index contributed by atoms with van der Waals surface area (Å²) in [5, 5.41) is 1.04. The van der Waals surface area contributed by atoms with Crippen molar-refractivity contribution in [1.29, 1.82) is 0 Å². The SMILES string of the molecule is C[C@@H](Oc1ccc2c(=O)c(-c3ccc(Cl)cc3)coc2c1)C(=O)OC1CCCCC1. The molecule has 2 aromatic carbocycles. The molecule has 156 valence electrons. The van der Waals surface area contributed by atoms with Gasteiger partial charge in [-0.3, -0.25) is 4.79 Å². The van der Waals surface area contributed by atoms with Gasteiger partial charge in [0.25, 0.3) is 0 Å². The second kappa shape index (κ2) is 8.92. The first-order chi connectivity index (χ1) is 14.5. The van der Waals surface area contributed by atoms with Crippen LogP contribution >= 0.6 is 11.6 Å². The standard InChI is InChI=1S/C24H23ClO5/c1-15(24(27)30-18-5-3-2-4-6-18)29-19-11-12-20-22(13-19)28-14-21(23(20)26)16-7-9-17(25)10-8-16/h7-15,18H,2-6H2,1H3/t15-/m1/s1. The lowest BCUT2D eigenvalue weighted by Crippen LogP contribution is -2.31. The largest absolute Gasteiger partial charge is 0.479 e. The fourth-order valence-corrected chi connectivity index (χ4v) is 3.83. The summed E-state index contributed by atoms with van der Waals surface area (Å²) in [6.45, 7) is 1.66. The van der Waals surface area contributed by atoms with Crippen LogP contribution in [0.3, 0.4) is 0 Å². The van der Waals surface area contributed by atoms with E-state index in [1.807, 2.05) is 0 Å². The third-order valence-corrected chi connectivity index (χ3v) is 5.63. The van der Waals surface area contributed by atoms with Gasteiger partial charge in [-0.05, 0) is 62.4 Å². The summed E-state index contributed by atoms with van der Waals surface area (Å²) >= 11 is 5.92. The van der Waals surface area contributed by atoms with Crippen LogP contribution in [0.5, 0.6) is 5.75 Å². The van der Waals surface area contributed by atoms with Crippen molar-refractivity contribution in [3.63, 3.8) is 0 Å². The van der Waals surface area contributed by atoms with E-state index in [1.54, 1.807) is 49.4 Å². The molecule has 30 heavy (non-hydrogen) atoms. The van der Waals surface area contributed by atoms with Gasteiger partial charge in [-0.25, -0.2) is 4.79 Å². The van der Waals surface area contributed by atoms with E-state index in [-0.39, 0.29) is 17.5 Å². The zero-order chi connectivity index (χ0) is 21.1. The van der Waals surface area contributed by atoms with Crippen molar-refractivity contribution in [3.05, 3.63) is 64.0 Å². The first-order valence-electron chi connectivity index (χ1n) is 10.2. The summed E-state index contributed by atoms with van der Waals surface area (Å²) in [6, 6.07) is 11.9. The second-order valence-corrected chi connectivity index (χ2v) is 8.04. The van der Waals surface area contributed by atoms with Gasteiger partial charge in [-0.15, -0.1) is 0 Å². The van der Waals surface area contributed by atoms with Crippen LogP contribution in [0.1, 0.15) is 39.0 Å². The molecule has 0 unspecified atom stereocenters. The quantitative estimate of drug-likeness (QED) is 0.485. The highest BCUT2D eigenvalue weighted by molar-refractivity contribution is 6.30. The van der Waals surface area contributed by atoms with Gasteiger partial charge >= 0.3 is 5.97 Å². The molecule has 1 atom stereocenters. The molecule has 1 saturated carbocycles. The molecule has 1 heterocycles. The molecule has 1 aliphatic carbocycles. The fourth-order valence-electron chi connectivity index (χ4n) is 3.71. The van der Waals surface area contributed by atoms with Crippen LogP contribution in [0.4, 0.5) is 0 Å². The van der Waals surface area contributed by atoms with Crippen molar-refractivity contribution in [1.82, 2.24) is 0 Å². The molecule has 0 N–H and O–H groups in total. The van der Waals surface area contributed by atoms with Gasteiger partial charge in [-0.1, -0.05) is 30.2 Å². The molecule has 3 aromatic rings. The Morgan fingerprint density at radius 2 is 1.83 bits per heavy atom. The molecule has 0 saturated heterocycles. The average Bonchev–Trinajstić information content (AvgIpc) is 2.75. The highest BCUT2D eigenvalue weighted by Crippen LogP contribution is 2.25. The normalized spacial score (nSPS) is 15.7. The predicted octanol–water partition coefficient (Wildman–Crippen LogP) is 5.76. The van der Waals surface area contributed by atoms with Gasteiger partial charge in [0.15, 0.2) is 11.5 Å². The van der Waals surface area contributed by atoms with Gasteiger partial charge in [0.05, 0.1) is 10.9 Å². The van der Waals surface area contributed by atoms with Crippen molar-refractivity contribution in [3.8, 4) is 16.9 Å². The van der Waals surface area contributed by atoms with Crippen LogP contribution < -0.4 is 10.2 Å². The summed E-state index contributed by atoms with van der Waals surface area (Å²) in [7, 11) is 0. The number of esters is 1. The van der Waals surface area contributed by atoms with Crippen molar-refractivity contribution in [2.75, 3.05) is 0 Å². The minimum Gasteiger partial charge on any atom is -0.479 e. The lowest BCUT2D eigenvalue weighted by molar-refractivity contribution is -0.158. The Bertz CT molecular complexity index is 1100. The summed E-state index contributed by atoms with van der Waals surface area (Å²) < 4.78 is 17.0. The molecule has 6 heteroatoms. The van der Waals surface area contributed by atoms with Crippen LogP contribution in [-0.2, 0) is 9.53 Å². The number of hydrogen-bond acceptors (Lipinski definition) is 5. The third kappa shape index (κ3) is 4.51. The highest BCUT2D eigenvalue weighted by atomic mass is 35.5. The number of carbonyl (C=O) groups is 1. The zero-order valence-electron chi connectivity index (χ0n) is 16.7. The molecule has 0 bridgehead atoms. The Morgan fingerprint density at radius 1 is 1.10 bits per heavy atom. The number of hydrogen-bond donors (Lipinski definition) is 0. The van der Waals surface area contributed by atoms with Crippen molar-refractivity contribution < 1.29 is 18.7 Å². The number of fused-ring (bicyclic) bond motifs is 1. The Balaban J connectivity index is 1.50. The first-order valence-corrected chi connectivity index (χ1v) is 10.6. The maximum absolute atomic E-state index is 12.9. The Kier molecular flexibility index (Phi) is 6.09. The molecule has 0 spiro atoms. The monoisotopic (exact) mass is 426 g/mol. The van der Waals surface area contributed by atoms with Crippen LogP contribution in [0.25, 0.3) is 22.1 Å². The number of halogens is 1. The van der Waals surface area contributed by atoms with Gasteiger partial charge in [-0.2, -0.15) is 0 Å². The predicted molar refractivity (Wildman–Crippen MR) is 116 cm³/mol. The molecule has 1 fully saturated rings. The Labute approximate surface area is 179 Å². The van der Waals surface area contributed by atoms with Crippen molar-refractivity contribution in [2.24, 2.45) is 0 Å². The lowest BCUT2D eigenvalue weighted by atomic mass is 9.98. The molecule has 4 rings (SSSR count). The van der Waals surface area contributed by atoms with E-state index in [0.29, 0.717) is 27.3 Å². The van der Waals surface area contributed by atoms with Gasteiger partial charge in [0.2, 0.25) is 0 Å². The molecule has 5 nitrogen and oxygen atoms in total. The molecule has 0 aliphatic heterocycles. The van der Waals surface area contributed by atoms with E-state index < -0.39 is 6.10 Å². The number of carbonyl (C=O) groups excluding carboxylic acids is 1. The zero-order valence-corrected chi connectivity index (χ0v) is 17.5. The first kappa shape index (κ1) is 20.5. The number of benzene rings is 2. The van der Waals surface area contributed by atoms with E-state index in [4.69, 9.17) is 25.5 Å². The molecular formula is C24H23ClO5. The fraction of sp³-hybridized carbons (Fsp3) is 0.333. The summed E-state index contributed by atoms with van der Waals surface area (Å²) in [4.78, 5) is 25.2. The summed E-state index contributed by atoms with van der Waals surface area (Å²) in [6.07, 6.45) is 5.87. The molecular weight excluding hydrogens is 404 g/mol. The van der Waals surface area contributed by atoms with Gasteiger partial charge in [0.1, 0.15) is 23.7 Å². The van der Waals surface area contributed by atoms with E-state index >= 15 is 0 Å². The molecule has 1 aliphatic rings. The maximum Gasteiger partial charge on any atom is 0.347 e. The van der Waals surface area contributed by atoms with Crippen LogP contribution in [-0.4, -0.2) is 18.2 Å². The minimum atomic E-state index is -0.746. The Morgan fingerprint density at radius 3 is 2.57 bits per heavy atom. The maximum atomic E-state index is 12.9. The third-order valence-electron chi connectivity index (χ3n) is 5.38. The van der Waals surface area contributed by atoms with Gasteiger partial charge < -0.3 is 13.9 Å². The van der Waals surface area contributed by atoms with Crippen LogP contribution in [0.2, 0.25) is 5.02 Å². The molecule has 0 radical (unpaired) electrons. The molecule has 1 aromatic heterocycles. The van der Waals surface area contributed by atoms with Crippen molar-refractivity contribution in [2.45, 2.75) is 51.2 Å². The molecule has 0 amide bonds. The topological polar surface area (TPSA) is 65.7 Å². The highest BCUT2D eigenvalue weighted by Gasteiger charge is 2.23. The Hall–Kier alpha value is -2.79. The van der Waals surface area contributed by atoms with E-state index in [0.717, 1.165) is 31.2 Å². The van der Waals surface area contributed by atoms with Crippen LogP contribution in [0, 0.1) is 0 Å². The van der Waals surface area contributed by atoms with Crippen molar-refractivity contribution >= 4 is 28.5 Å². The smallest absolute Gasteiger partial charge is 0.347 e. The number of rotatable bonds is 5. The summed E-state index contributed by atoms with van der Waals surface area (Å²) in [5.41, 5.74) is 1.43. The average molecular weight is 427 g/mol. The summed E-state index contributed by atoms with van der Waals surface area (Å²) in [5.74, 6) is 0.0690.